The molecule has 2 unspecified atom stereocenters. The summed E-state index contributed by atoms with van der Waals surface area (Å²) in [5.74, 6) is -0.795. The van der Waals surface area contributed by atoms with Crippen molar-refractivity contribution >= 4 is 11.9 Å². The Balaban J connectivity index is 1.99. The molecule has 1 fully saturated rings. The zero-order valence-electron chi connectivity index (χ0n) is 12.5. The van der Waals surface area contributed by atoms with Gasteiger partial charge in [0.05, 0.1) is 13.2 Å². The van der Waals surface area contributed by atoms with Gasteiger partial charge in [-0.05, 0) is 31.9 Å². The predicted molar refractivity (Wildman–Crippen MR) is 76.9 cm³/mol. The number of carbonyl (C=O) groups is 2. The van der Waals surface area contributed by atoms with Crippen LogP contribution in [0, 0.1) is 0 Å². The standard InChI is InChI=1S/C14H22N4O3/c1-3-11(14(20)21-2)16-13(19)12-6-8-18(17-12)10-5-4-7-15-9-10/h6,8,10-11,15H,3-5,7,9H2,1-2H3,(H,16,19). The molecule has 1 aromatic heterocycles. The molecule has 21 heavy (non-hydrogen) atoms. The minimum atomic E-state index is -0.635. The van der Waals surface area contributed by atoms with E-state index in [-0.39, 0.29) is 11.9 Å². The van der Waals surface area contributed by atoms with Gasteiger partial charge < -0.3 is 15.4 Å². The van der Waals surface area contributed by atoms with E-state index in [1.54, 1.807) is 6.07 Å². The van der Waals surface area contributed by atoms with Crippen molar-refractivity contribution < 1.29 is 14.3 Å². The van der Waals surface area contributed by atoms with Gasteiger partial charge in [-0.2, -0.15) is 5.10 Å². The highest BCUT2D eigenvalue weighted by molar-refractivity contribution is 5.95. The van der Waals surface area contributed by atoms with Crippen LogP contribution < -0.4 is 10.6 Å². The minimum Gasteiger partial charge on any atom is -0.467 e. The molecule has 1 amide bonds. The molecule has 0 aromatic carbocycles. The first-order chi connectivity index (χ1) is 10.2. The molecule has 0 saturated carbocycles. The summed E-state index contributed by atoms with van der Waals surface area (Å²) in [4.78, 5) is 23.6. The van der Waals surface area contributed by atoms with Crippen LogP contribution >= 0.6 is 0 Å². The number of aromatic nitrogens is 2. The Morgan fingerprint density at radius 2 is 2.43 bits per heavy atom. The lowest BCUT2D eigenvalue weighted by atomic mass is 10.1. The van der Waals surface area contributed by atoms with Gasteiger partial charge in [0.2, 0.25) is 0 Å². The quantitative estimate of drug-likeness (QED) is 0.772. The van der Waals surface area contributed by atoms with Crippen LogP contribution in [0.15, 0.2) is 12.3 Å². The van der Waals surface area contributed by atoms with Gasteiger partial charge in [-0.1, -0.05) is 6.92 Å². The molecule has 0 aliphatic carbocycles. The minimum absolute atomic E-state index is 0.280. The van der Waals surface area contributed by atoms with Crippen molar-refractivity contribution in [1.82, 2.24) is 20.4 Å². The Labute approximate surface area is 124 Å². The highest BCUT2D eigenvalue weighted by Gasteiger charge is 2.22. The van der Waals surface area contributed by atoms with E-state index in [1.165, 1.54) is 7.11 Å². The predicted octanol–water partition coefficient (Wildman–Crippen LogP) is 0.489. The van der Waals surface area contributed by atoms with Crippen molar-refractivity contribution in [3.63, 3.8) is 0 Å². The largest absolute Gasteiger partial charge is 0.467 e. The lowest BCUT2D eigenvalue weighted by Gasteiger charge is -2.22. The molecule has 0 spiro atoms. The Kier molecular flexibility index (Phi) is 5.32. The zero-order valence-corrected chi connectivity index (χ0v) is 12.5. The van der Waals surface area contributed by atoms with Crippen molar-refractivity contribution in [2.75, 3.05) is 20.2 Å². The number of ether oxygens (including phenoxy) is 1. The molecule has 1 aliphatic heterocycles. The van der Waals surface area contributed by atoms with E-state index in [9.17, 15) is 9.59 Å². The van der Waals surface area contributed by atoms with Crippen molar-refractivity contribution in [2.24, 2.45) is 0 Å². The molecule has 0 bridgehead atoms. The maximum absolute atomic E-state index is 12.1. The van der Waals surface area contributed by atoms with Gasteiger partial charge in [-0.15, -0.1) is 0 Å². The molecule has 2 N–H and O–H groups in total. The number of methoxy groups -OCH3 is 1. The summed E-state index contributed by atoms with van der Waals surface area (Å²) in [6, 6.07) is 1.32. The van der Waals surface area contributed by atoms with E-state index >= 15 is 0 Å². The summed E-state index contributed by atoms with van der Waals surface area (Å²) < 4.78 is 6.47. The summed E-state index contributed by atoms with van der Waals surface area (Å²) in [5.41, 5.74) is 0.322. The van der Waals surface area contributed by atoms with Gasteiger partial charge >= 0.3 is 5.97 Å². The molecule has 7 nitrogen and oxygen atoms in total. The average molecular weight is 294 g/mol. The van der Waals surface area contributed by atoms with Gasteiger partial charge in [0.25, 0.3) is 5.91 Å². The van der Waals surface area contributed by atoms with Crippen molar-refractivity contribution in [2.45, 2.75) is 38.3 Å². The Morgan fingerprint density at radius 3 is 3.05 bits per heavy atom. The summed E-state index contributed by atoms with van der Waals surface area (Å²) in [6.07, 6.45) is 4.44. The number of amides is 1. The third kappa shape index (κ3) is 3.81. The molecule has 1 saturated heterocycles. The second-order valence-corrected chi connectivity index (χ2v) is 5.14. The third-order valence-electron chi connectivity index (χ3n) is 3.69. The topological polar surface area (TPSA) is 85.3 Å². The Morgan fingerprint density at radius 1 is 1.62 bits per heavy atom. The Hall–Kier alpha value is -1.89. The van der Waals surface area contributed by atoms with Crippen LogP contribution in [0.2, 0.25) is 0 Å². The van der Waals surface area contributed by atoms with Crippen LogP contribution in [0.5, 0.6) is 0 Å². The number of hydrogen-bond donors (Lipinski definition) is 2. The number of esters is 1. The molecule has 116 valence electrons. The third-order valence-corrected chi connectivity index (χ3v) is 3.69. The monoisotopic (exact) mass is 294 g/mol. The first-order valence-corrected chi connectivity index (χ1v) is 7.30. The summed E-state index contributed by atoms with van der Waals surface area (Å²) in [7, 11) is 1.31. The maximum atomic E-state index is 12.1. The first kappa shape index (κ1) is 15.5. The second-order valence-electron chi connectivity index (χ2n) is 5.14. The molecule has 2 heterocycles. The number of piperidine rings is 1. The van der Waals surface area contributed by atoms with Gasteiger partial charge in [0.1, 0.15) is 11.7 Å². The van der Waals surface area contributed by atoms with Crippen molar-refractivity contribution in [3.05, 3.63) is 18.0 Å². The summed E-state index contributed by atoms with van der Waals surface area (Å²) in [6.45, 7) is 3.71. The van der Waals surface area contributed by atoms with E-state index in [4.69, 9.17) is 0 Å². The van der Waals surface area contributed by atoms with E-state index in [0.29, 0.717) is 12.1 Å². The number of hydrogen-bond acceptors (Lipinski definition) is 5. The van der Waals surface area contributed by atoms with Crippen molar-refractivity contribution in [3.8, 4) is 0 Å². The maximum Gasteiger partial charge on any atom is 0.328 e. The van der Waals surface area contributed by atoms with Crippen molar-refractivity contribution in [1.29, 1.82) is 0 Å². The molecular weight excluding hydrogens is 272 g/mol. The highest BCUT2D eigenvalue weighted by Crippen LogP contribution is 2.15. The SMILES string of the molecule is CCC(NC(=O)c1ccn(C2CCCNC2)n1)C(=O)OC. The fourth-order valence-corrected chi connectivity index (χ4v) is 2.42. The molecule has 0 radical (unpaired) electrons. The number of rotatable bonds is 5. The number of nitrogens with zero attached hydrogens (tertiary/aromatic N) is 2. The van der Waals surface area contributed by atoms with Crippen LogP contribution in [-0.4, -0.2) is 47.9 Å². The number of carbonyl (C=O) groups excluding carboxylic acids is 2. The molecule has 7 heteroatoms. The average Bonchev–Trinajstić information content (AvgIpc) is 3.02. The van der Waals surface area contributed by atoms with Gasteiger partial charge in [-0.3, -0.25) is 9.48 Å². The zero-order chi connectivity index (χ0) is 15.2. The lowest BCUT2D eigenvalue weighted by Crippen LogP contribution is -2.41. The molecule has 2 rings (SSSR count). The van der Waals surface area contributed by atoms with Crippen LogP contribution in [0.1, 0.15) is 42.7 Å². The fraction of sp³-hybridized carbons (Fsp3) is 0.643. The van der Waals surface area contributed by atoms with Gasteiger partial charge in [0, 0.05) is 12.7 Å². The highest BCUT2D eigenvalue weighted by atomic mass is 16.5. The molecule has 1 aromatic rings. The van der Waals surface area contributed by atoms with E-state index in [0.717, 1.165) is 25.9 Å². The normalized spacial score (nSPS) is 19.8. The van der Waals surface area contributed by atoms with Crippen LogP contribution in [0.25, 0.3) is 0 Å². The Bertz CT molecular complexity index is 494. The number of nitrogens with one attached hydrogen (secondary N) is 2. The smallest absolute Gasteiger partial charge is 0.328 e. The molecular formula is C14H22N4O3. The van der Waals surface area contributed by atoms with Crippen LogP contribution in [0.4, 0.5) is 0 Å². The van der Waals surface area contributed by atoms with E-state index in [2.05, 4.69) is 20.5 Å². The summed E-state index contributed by atoms with van der Waals surface area (Å²) in [5, 5.41) is 10.3. The lowest BCUT2D eigenvalue weighted by molar-refractivity contribution is -0.142. The van der Waals surface area contributed by atoms with E-state index < -0.39 is 12.0 Å². The van der Waals surface area contributed by atoms with Gasteiger partial charge in [0.15, 0.2) is 0 Å². The molecule has 1 aliphatic rings. The molecule has 2 atom stereocenters. The second kappa shape index (κ2) is 7.21. The van der Waals surface area contributed by atoms with E-state index in [1.807, 2.05) is 17.8 Å². The fourth-order valence-electron chi connectivity index (χ4n) is 2.42. The first-order valence-electron chi connectivity index (χ1n) is 7.30. The van der Waals surface area contributed by atoms with Crippen LogP contribution in [-0.2, 0) is 9.53 Å². The summed E-state index contributed by atoms with van der Waals surface area (Å²) >= 11 is 0. The van der Waals surface area contributed by atoms with Gasteiger partial charge in [-0.25, -0.2) is 4.79 Å². The van der Waals surface area contributed by atoms with Crippen LogP contribution in [0.3, 0.4) is 0 Å².